The van der Waals surface area contributed by atoms with Gasteiger partial charge in [0.25, 0.3) is 0 Å². The number of piperidine rings is 1. The molecule has 3 fully saturated rings. The first-order chi connectivity index (χ1) is 29.5. The lowest BCUT2D eigenvalue weighted by Gasteiger charge is -2.42. The van der Waals surface area contributed by atoms with E-state index in [0.29, 0.717) is 87.2 Å². The summed E-state index contributed by atoms with van der Waals surface area (Å²) in [5, 5.41) is 18.3. The summed E-state index contributed by atoms with van der Waals surface area (Å²) in [4.78, 5) is 29.7. The van der Waals surface area contributed by atoms with Gasteiger partial charge in [-0.2, -0.15) is 13.2 Å². The SMILES string of the molecule is C/C=C/C1(F)CCN(Cc2cc(OC)c(-c3cccc4c(C[C@H](NC(=O)C5(NC6CCC(F)(F)CC6)CCCCC(CCC(F)(F)F)CC5)C(=O)O)cccc34)c(OC)c2)CC1. The summed E-state index contributed by atoms with van der Waals surface area (Å²) in [6.07, 6.45) is 0.831. The highest BCUT2D eigenvalue weighted by molar-refractivity contribution is 6.01. The number of nitrogens with zero attached hydrogens (tertiary/aromatic N) is 1. The molecular formula is C48H61F6N3O5. The molecule has 3 N–H and O–H groups in total. The standard InChI is InChI=1S/C48H61F6N3O5/c1-4-18-45(49)24-26-57(27-25-45)31-33-28-40(61-2)42(41(29-33)62-3)38-13-8-11-36-34(10-7-12-37(36)38)30-39(43(58)59)55-44(60)46(56-35-16-21-47(50,51)22-17-35)19-6-5-9-32(14-20-46)15-23-48(52,53)54/h4,7-8,10-13,18,28-29,32,35,39,56H,5-6,9,14-17,19-27,30-31H2,1-3H3,(H,55,60)(H,58,59)/b18-4+/t32?,39-,46?/m0/s1. The molecule has 2 saturated carbocycles. The van der Waals surface area contributed by atoms with E-state index in [1.165, 1.54) is 0 Å². The van der Waals surface area contributed by atoms with E-state index in [2.05, 4.69) is 15.5 Å². The van der Waals surface area contributed by atoms with Gasteiger partial charge in [-0.3, -0.25) is 9.69 Å². The molecule has 2 aliphatic carbocycles. The maximum atomic E-state index is 15.1. The average molecular weight is 874 g/mol. The molecule has 14 heteroatoms. The zero-order valence-electron chi connectivity index (χ0n) is 36.0. The van der Waals surface area contributed by atoms with Gasteiger partial charge in [0, 0.05) is 51.4 Å². The van der Waals surface area contributed by atoms with Gasteiger partial charge in [0.15, 0.2) is 0 Å². The number of carbonyl (C=O) groups excluding carboxylic acids is 1. The molecule has 2 unspecified atom stereocenters. The van der Waals surface area contributed by atoms with Gasteiger partial charge in [-0.05, 0) is 104 Å². The number of carbonyl (C=O) groups is 2. The number of nitrogens with one attached hydrogen (secondary N) is 2. The van der Waals surface area contributed by atoms with Gasteiger partial charge in [-0.25, -0.2) is 18.0 Å². The van der Waals surface area contributed by atoms with Crippen molar-refractivity contribution in [3.63, 3.8) is 0 Å². The second kappa shape index (κ2) is 20.0. The molecular weight excluding hydrogens is 813 g/mol. The monoisotopic (exact) mass is 873 g/mol. The number of hydrogen-bond donors (Lipinski definition) is 3. The van der Waals surface area contributed by atoms with Crippen LogP contribution in [0.5, 0.6) is 11.5 Å². The van der Waals surface area contributed by atoms with Gasteiger partial charge in [0.2, 0.25) is 11.8 Å². The Hall–Kier alpha value is -4.30. The molecule has 6 rings (SSSR count). The van der Waals surface area contributed by atoms with Gasteiger partial charge in [-0.1, -0.05) is 67.8 Å². The number of carboxylic acids is 1. The first-order valence-electron chi connectivity index (χ1n) is 22.0. The fraction of sp³-hybridized carbons (Fsp3) is 0.583. The number of fused-ring (bicyclic) bond motifs is 1. The van der Waals surface area contributed by atoms with Crippen LogP contribution in [0.15, 0.2) is 60.7 Å². The molecule has 3 aromatic rings. The molecule has 3 aromatic carbocycles. The Bertz CT molecular complexity index is 2020. The normalized spacial score (nSPS) is 23.1. The van der Waals surface area contributed by atoms with Crippen molar-refractivity contribution in [2.24, 2.45) is 5.92 Å². The first kappa shape index (κ1) is 47.2. The molecule has 0 radical (unpaired) electrons. The van der Waals surface area contributed by atoms with Gasteiger partial charge < -0.3 is 25.2 Å². The third kappa shape index (κ3) is 11.8. The fourth-order valence-electron chi connectivity index (χ4n) is 9.87. The van der Waals surface area contributed by atoms with Crippen molar-refractivity contribution >= 4 is 22.6 Å². The Morgan fingerprint density at radius 2 is 1.55 bits per heavy atom. The number of amides is 1. The zero-order valence-corrected chi connectivity index (χ0v) is 36.0. The summed E-state index contributed by atoms with van der Waals surface area (Å²) in [7, 11) is 3.16. The average Bonchev–Trinajstić information content (AvgIpc) is 3.22. The topological polar surface area (TPSA) is 100 Å². The number of carboxylic acid groups (broad SMARTS) is 1. The Labute approximate surface area is 360 Å². The molecule has 0 spiro atoms. The number of hydrogen-bond acceptors (Lipinski definition) is 6. The quantitative estimate of drug-likeness (QED) is 0.103. The van der Waals surface area contributed by atoms with Crippen molar-refractivity contribution in [3.8, 4) is 22.6 Å². The van der Waals surface area contributed by atoms with Crippen molar-refractivity contribution in [3.05, 3.63) is 71.8 Å². The van der Waals surface area contributed by atoms with E-state index in [-0.39, 0.29) is 50.9 Å². The van der Waals surface area contributed by atoms with E-state index in [1.807, 2.05) is 55.5 Å². The van der Waals surface area contributed by atoms with Gasteiger partial charge in [-0.15, -0.1) is 0 Å². The largest absolute Gasteiger partial charge is 0.496 e. The molecule has 1 amide bonds. The number of benzene rings is 3. The smallest absolute Gasteiger partial charge is 0.389 e. The molecule has 3 aliphatic rings. The van der Waals surface area contributed by atoms with Crippen molar-refractivity contribution in [2.75, 3.05) is 27.3 Å². The number of methoxy groups -OCH3 is 2. The number of ether oxygens (including phenoxy) is 2. The molecule has 1 heterocycles. The predicted molar refractivity (Wildman–Crippen MR) is 228 cm³/mol. The predicted octanol–water partition coefficient (Wildman–Crippen LogP) is 10.7. The molecule has 62 heavy (non-hydrogen) atoms. The van der Waals surface area contributed by atoms with Crippen LogP contribution in [0.2, 0.25) is 0 Å². The van der Waals surface area contributed by atoms with Crippen LogP contribution in [-0.4, -0.2) is 84.6 Å². The lowest BCUT2D eigenvalue weighted by atomic mass is 9.77. The van der Waals surface area contributed by atoms with Crippen LogP contribution in [0, 0.1) is 5.92 Å². The maximum absolute atomic E-state index is 15.1. The van der Waals surface area contributed by atoms with Crippen LogP contribution in [0.1, 0.15) is 108 Å². The molecule has 0 aromatic heterocycles. The Kier molecular flexibility index (Phi) is 15.2. The van der Waals surface area contributed by atoms with E-state index < -0.39 is 53.7 Å². The molecule has 340 valence electrons. The van der Waals surface area contributed by atoms with Gasteiger partial charge >= 0.3 is 12.1 Å². The number of likely N-dealkylation sites (tertiary alicyclic amines) is 1. The van der Waals surface area contributed by atoms with E-state index in [4.69, 9.17) is 9.47 Å². The minimum atomic E-state index is -4.31. The first-order valence-corrected chi connectivity index (χ1v) is 22.0. The van der Waals surface area contributed by atoms with Crippen LogP contribution in [0.25, 0.3) is 21.9 Å². The number of allylic oxidation sites excluding steroid dienone is 2. The molecule has 1 saturated heterocycles. The van der Waals surface area contributed by atoms with E-state index >= 15 is 4.39 Å². The third-order valence-corrected chi connectivity index (χ3v) is 13.3. The lowest BCUT2D eigenvalue weighted by molar-refractivity contribution is -0.143. The van der Waals surface area contributed by atoms with Gasteiger partial charge in [0.05, 0.1) is 25.3 Å². The second-order valence-electron chi connectivity index (χ2n) is 17.7. The summed E-state index contributed by atoms with van der Waals surface area (Å²) in [5.74, 6) is -3.81. The third-order valence-electron chi connectivity index (χ3n) is 13.3. The minimum absolute atomic E-state index is 0.0718. The van der Waals surface area contributed by atoms with Crippen molar-refractivity contribution in [1.29, 1.82) is 0 Å². The summed E-state index contributed by atoms with van der Waals surface area (Å²) >= 11 is 0. The van der Waals surface area contributed by atoms with Crippen molar-refractivity contribution in [1.82, 2.24) is 15.5 Å². The summed E-state index contributed by atoms with van der Waals surface area (Å²) in [6, 6.07) is 13.3. The number of alkyl halides is 6. The van der Waals surface area contributed by atoms with Crippen LogP contribution >= 0.6 is 0 Å². The summed E-state index contributed by atoms with van der Waals surface area (Å²) in [5.41, 5.74) is 0.435. The van der Waals surface area contributed by atoms with Crippen molar-refractivity contribution in [2.45, 2.75) is 145 Å². The molecule has 3 atom stereocenters. The zero-order chi connectivity index (χ0) is 44.7. The van der Waals surface area contributed by atoms with Crippen LogP contribution in [0.3, 0.4) is 0 Å². The van der Waals surface area contributed by atoms with Crippen LogP contribution in [0.4, 0.5) is 26.3 Å². The fourth-order valence-corrected chi connectivity index (χ4v) is 9.87. The van der Waals surface area contributed by atoms with Crippen LogP contribution in [-0.2, 0) is 22.6 Å². The lowest BCUT2D eigenvalue weighted by Crippen LogP contribution is -2.63. The molecule has 8 nitrogen and oxygen atoms in total. The summed E-state index contributed by atoms with van der Waals surface area (Å²) in [6.45, 7) is 3.60. The maximum Gasteiger partial charge on any atom is 0.389 e. The Morgan fingerprint density at radius 3 is 2.18 bits per heavy atom. The molecule has 0 bridgehead atoms. The van der Waals surface area contributed by atoms with Gasteiger partial charge in [0.1, 0.15) is 23.2 Å². The van der Waals surface area contributed by atoms with E-state index in [1.54, 1.807) is 26.4 Å². The highest BCUT2D eigenvalue weighted by atomic mass is 19.4. The highest BCUT2D eigenvalue weighted by Gasteiger charge is 2.45. The highest BCUT2D eigenvalue weighted by Crippen LogP contribution is 2.44. The minimum Gasteiger partial charge on any atom is -0.496 e. The van der Waals surface area contributed by atoms with E-state index in [0.717, 1.165) is 21.9 Å². The number of halogens is 6. The molecule has 1 aliphatic heterocycles. The Balaban J connectivity index is 1.26. The number of rotatable bonds is 15. The second-order valence-corrected chi connectivity index (χ2v) is 17.7. The Morgan fingerprint density at radius 1 is 0.887 bits per heavy atom. The van der Waals surface area contributed by atoms with E-state index in [9.17, 15) is 36.6 Å². The van der Waals surface area contributed by atoms with Crippen LogP contribution < -0.4 is 20.1 Å². The summed E-state index contributed by atoms with van der Waals surface area (Å²) < 4.78 is 95.1. The number of aliphatic carboxylic acids is 1. The van der Waals surface area contributed by atoms with Crippen molar-refractivity contribution < 1.29 is 50.5 Å².